The second-order valence-electron chi connectivity index (χ2n) is 12.5. The molecular formula is C35H63NO8. The highest BCUT2D eigenvalue weighted by atomic mass is 16.5. The molecule has 0 saturated heterocycles. The summed E-state index contributed by atoms with van der Waals surface area (Å²) in [6.07, 6.45) is 9.21. The molecule has 0 rings (SSSR count). The van der Waals surface area contributed by atoms with Crippen molar-refractivity contribution < 1.29 is 38.1 Å². The number of hydrogen-bond acceptors (Lipinski definition) is 8. The number of hydrogen-bond donors (Lipinski definition) is 1. The third kappa shape index (κ3) is 18.0. The number of Topliss-reactive ketones (excluding diaryl/α,β-unsaturated/α-hetero) is 2. The van der Waals surface area contributed by atoms with Gasteiger partial charge in [-0.1, -0.05) is 53.0 Å². The number of nitrogens with one attached hydrogen (secondary N) is 1. The van der Waals surface area contributed by atoms with Crippen molar-refractivity contribution in [1.29, 1.82) is 0 Å². The first-order valence-electron chi connectivity index (χ1n) is 16.8. The topological polar surface area (TPSA) is 117 Å². The van der Waals surface area contributed by atoms with E-state index in [1.807, 2.05) is 13.8 Å². The van der Waals surface area contributed by atoms with Gasteiger partial charge < -0.3 is 24.3 Å². The lowest BCUT2D eigenvalue weighted by Gasteiger charge is -2.27. The van der Waals surface area contributed by atoms with Crippen LogP contribution in [0.4, 0.5) is 0 Å². The molecule has 44 heavy (non-hydrogen) atoms. The molecular weight excluding hydrogens is 562 g/mol. The lowest BCUT2D eigenvalue weighted by molar-refractivity contribution is -0.147. The van der Waals surface area contributed by atoms with Crippen molar-refractivity contribution in [3.05, 3.63) is 12.2 Å². The van der Waals surface area contributed by atoms with Gasteiger partial charge in [-0.3, -0.25) is 14.4 Å². The zero-order chi connectivity index (χ0) is 33.6. The van der Waals surface area contributed by atoms with Crippen molar-refractivity contribution in [3.8, 4) is 0 Å². The molecule has 0 saturated carbocycles. The summed E-state index contributed by atoms with van der Waals surface area (Å²) in [5.74, 6) is -0.0533. The summed E-state index contributed by atoms with van der Waals surface area (Å²) in [7, 11) is 0. The number of esters is 1. The highest BCUT2D eigenvalue weighted by molar-refractivity contribution is 5.87. The van der Waals surface area contributed by atoms with Crippen molar-refractivity contribution in [2.75, 3.05) is 33.0 Å². The van der Waals surface area contributed by atoms with Crippen molar-refractivity contribution in [3.63, 3.8) is 0 Å². The van der Waals surface area contributed by atoms with Crippen LogP contribution in [0.25, 0.3) is 0 Å². The number of carbonyl (C=O) groups is 4. The van der Waals surface area contributed by atoms with Gasteiger partial charge in [-0.25, -0.2) is 4.79 Å². The first-order valence-corrected chi connectivity index (χ1v) is 16.8. The summed E-state index contributed by atoms with van der Waals surface area (Å²) in [6, 6.07) is 0. The van der Waals surface area contributed by atoms with E-state index in [2.05, 4.69) is 25.7 Å². The largest absolute Gasteiger partial charge is 0.460 e. The normalized spacial score (nSPS) is 14.4. The Morgan fingerprint density at radius 2 is 1.48 bits per heavy atom. The summed E-state index contributed by atoms with van der Waals surface area (Å²) in [6.45, 7) is 20.2. The molecule has 1 amide bonds. The average molecular weight is 626 g/mol. The van der Waals surface area contributed by atoms with Crippen LogP contribution in [0.2, 0.25) is 0 Å². The van der Waals surface area contributed by atoms with Gasteiger partial charge in [0.15, 0.2) is 11.6 Å². The van der Waals surface area contributed by atoms with E-state index in [1.165, 1.54) is 12.8 Å². The van der Waals surface area contributed by atoms with E-state index in [4.69, 9.17) is 18.9 Å². The van der Waals surface area contributed by atoms with Crippen molar-refractivity contribution in [1.82, 2.24) is 5.32 Å². The summed E-state index contributed by atoms with van der Waals surface area (Å²) in [5.41, 5.74) is -1.54. The van der Waals surface area contributed by atoms with Crippen molar-refractivity contribution >= 4 is 23.4 Å². The van der Waals surface area contributed by atoms with E-state index < -0.39 is 17.2 Å². The van der Waals surface area contributed by atoms with Crippen LogP contribution in [0.5, 0.6) is 0 Å². The number of ketones is 2. The number of unbranched alkanes of at least 4 members (excludes halogenated alkanes) is 4. The van der Waals surface area contributed by atoms with Crippen LogP contribution in [-0.4, -0.2) is 73.7 Å². The van der Waals surface area contributed by atoms with Gasteiger partial charge in [0, 0.05) is 31.6 Å². The van der Waals surface area contributed by atoms with E-state index in [0.717, 1.165) is 25.7 Å². The summed E-state index contributed by atoms with van der Waals surface area (Å²) < 4.78 is 22.7. The lowest BCUT2D eigenvalue weighted by Crippen LogP contribution is -2.47. The second-order valence-corrected chi connectivity index (χ2v) is 12.5. The molecule has 9 nitrogen and oxygen atoms in total. The molecule has 0 radical (unpaired) electrons. The van der Waals surface area contributed by atoms with Crippen molar-refractivity contribution in [2.24, 2.45) is 5.92 Å². The Labute approximate surface area is 267 Å². The van der Waals surface area contributed by atoms with Crippen LogP contribution < -0.4 is 5.32 Å². The molecule has 0 aromatic rings. The molecule has 0 fully saturated rings. The minimum Gasteiger partial charge on any atom is -0.460 e. The summed E-state index contributed by atoms with van der Waals surface area (Å²) >= 11 is 0. The Hall–Kier alpha value is -2.10. The molecule has 0 aromatic carbocycles. The van der Waals surface area contributed by atoms with E-state index in [9.17, 15) is 19.2 Å². The Morgan fingerprint density at radius 3 is 2.09 bits per heavy atom. The molecule has 256 valence electrons. The van der Waals surface area contributed by atoms with Crippen LogP contribution in [0.1, 0.15) is 132 Å². The number of amides is 1. The van der Waals surface area contributed by atoms with Gasteiger partial charge in [0.2, 0.25) is 0 Å². The standard InChI is InChI=1S/C35H63NO8/c1-10-13-19-29(11-2)26-42-28(6)30(37)20-16-18-23-43-34(7,8)31(38)21-15-14-17-24-44-35(9,12-3)33(40)36-22-25-41-32(39)27(4)5/h28-29H,4,10-26H2,1-3,5-9H3,(H,36,40). The quantitative estimate of drug-likeness (QED) is 0.0581. The van der Waals surface area contributed by atoms with Crippen LogP contribution in [0, 0.1) is 5.92 Å². The van der Waals surface area contributed by atoms with Gasteiger partial charge in [0.05, 0.1) is 13.2 Å². The minimum absolute atomic E-state index is 0.0511. The minimum atomic E-state index is -0.980. The van der Waals surface area contributed by atoms with Gasteiger partial charge in [-0.05, 0) is 79.1 Å². The smallest absolute Gasteiger partial charge is 0.333 e. The molecule has 0 aliphatic carbocycles. The molecule has 9 heteroatoms. The van der Waals surface area contributed by atoms with Gasteiger partial charge in [0.25, 0.3) is 5.91 Å². The molecule has 0 bridgehead atoms. The monoisotopic (exact) mass is 625 g/mol. The molecule has 1 N–H and O–H groups in total. The first-order chi connectivity index (χ1) is 20.7. The van der Waals surface area contributed by atoms with E-state index in [0.29, 0.717) is 69.8 Å². The van der Waals surface area contributed by atoms with Gasteiger partial charge in [0.1, 0.15) is 23.9 Å². The van der Waals surface area contributed by atoms with Crippen LogP contribution in [0.3, 0.4) is 0 Å². The number of carbonyl (C=O) groups excluding carboxylic acids is 4. The van der Waals surface area contributed by atoms with E-state index in [-0.39, 0.29) is 36.7 Å². The molecule has 0 aliphatic rings. The Balaban J connectivity index is 4.18. The molecule has 0 aromatic heterocycles. The van der Waals surface area contributed by atoms with Gasteiger partial charge in [-0.2, -0.15) is 0 Å². The van der Waals surface area contributed by atoms with Crippen LogP contribution in [0.15, 0.2) is 12.2 Å². The van der Waals surface area contributed by atoms with Crippen LogP contribution in [-0.2, 0) is 38.1 Å². The van der Waals surface area contributed by atoms with E-state index in [1.54, 1.807) is 27.7 Å². The Kier molecular flexibility index (Phi) is 22.2. The maximum absolute atomic E-state index is 12.8. The third-order valence-corrected chi connectivity index (χ3v) is 8.12. The summed E-state index contributed by atoms with van der Waals surface area (Å²) in [5, 5.41) is 2.75. The Bertz CT molecular complexity index is 871. The maximum Gasteiger partial charge on any atom is 0.333 e. The fourth-order valence-electron chi connectivity index (χ4n) is 4.39. The second kappa shape index (κ2) is 23.3. The fraction of sp³-hybridized carbons (Fsp3) is 0.829. The van der Waals surface area contributed by atoms with Crippen LogP contribution >= 0.6 is 0 Å². The average Bonchev–Trinajstić information content (AvgIpc) is 2.99. The highest BCUT2D eigenvalue weighted by Crippen LogP contribution is 2.19. The molecule has 0 spiro atoms. The number of rotatable bonds is 28. The Morgan fingerprint density at radius 1 is 0.841 bits per heavy atom. The zero-order valence-electron chi connectivity index (χ0n) is 29.1. The third-order valence-electron chi connectivity index (χ3n) is 8.12. The maximum atomic E-state index is 12.8. The molecule has 0 aliphatic heterocycles. The molecule has 0 heterocycles. The predicted octanol–water partition coefficient (Wildman–Crippen LogP) is 6.69. The van der Waals surface area contributed by atoms with Crippen molar-refractivity contribution in [2.45, 2.75) is 150 Å². The molecule has 3 unspecified atom stereocenters. The first kappa shape index (κ1) is 41.9. The van der Waals surface area contributed by atoms with E-state index >= 15 is 0 Å². The predicted molar refractivity (Wildman–Crippen MR) is 175 cm³/mol. The molecule has 3 atom stereocenters. The van der Waals surface area contributed by atoms with Gasteiger partial charge >= 0.3 is 5.97 Å². The zero-order valence-corrected chi connectivity index (χ0v) is 29.1. The number of ether oxygens (including phenoxy) is 4. The highest BCUT2D eigenvalue weighted by Gasteiger charge is 2.32. The van der Waals surface area contributed by atoms with Gasteiger partial charge in [-0.15, -0.1) is 0 Å². The fourth-order valence-corrected chi connectivity index (χ4v) is 4.39. The SMILES string of the molecule is C=C(C)C(=O)OCCNC(=O)C(C)(CC)OCCCCCC(=O)C(C)(C)OCCCCC(=O)C(C)OCC(CC)CCCC. The summed E-state index contributed by atoms with van der Waals surface area (Å²) in [4.78, 5) is 49.2. The lowest BCUT2D eigenvalue weighted by atomic mass is 9.98.